The van der Waals surface area contributed by atoms with Crippen molar-refractivity contribution in [1.29, 1.82) is 0 Å². The Hall–Kier alpha value is -0.570. The summed E-state index contributed by atoms with van der Waals surface area (Å²) in [6.45, 7) is 6.20. The number of hydrogen-bond acceptors (Lipinski definition) is 2. The fraction of sp³-hybridized carbons (Fsp3) is 0.571. The van der Waals surface area contributed by atoms with E-state index in [2.05, 4.69) is 31.3 Å². The van der Waals surface area contributed by atoms with Crippen LogP contribution in [0.2, 0.25) is 5.02 Å². The lowest BCUT2D eigenvalue weighted by Crippen LogP contribution is -2.33. The van der Waals surface area contributed by atoms with Crippen molar-refractivity contribution in [2.45, 2.75) is 26.3 Å². The van der Waals surface area contributed by atoms with Crippen LogP contribution in [0.25, 0.3) is 0 Å². The molecule has 0 aromatic heterocycles. The van der Waals surface area contributed by atoms with Crippen LogP contribution < -0.4 is 5.32 Å². The summed E-state index contributed by atoms with van der Waals surface area (Å²) in [5.41, 5.74) is 2.99. The Morgan fingerprint density at radius 2 is 2.24 bits per heavy atom. The van der Waals surface area contributed by atoms with Gasteiger partial charge in [0.25, 0.3) is 0 Å². The first kappa shape index (κ1) is 12.9. The van der Waals surface area contributed by atoms with Crippen molar-refractivity contribution in [2.24, 2.45) is 5.41 Å². The van der Waals surface area contributed by atoms with E-state index in [1.54, 1.807) is 7.11 Å². The first-order valence-electron chi connectivity index (χ1n) is 6.05. The van der Waals surface area contributed by atoms with Gasteiger partial charge in [0.15, 0.2) is 0 Å². The van der Waals surface area contributed by atoms with E-state index in [1.165, 1.54) is 11.1 Å². The maximum Gasteiger partial charge on any atom is 0.0587 e. The Morgan fingerprint density at radius 3 is 2.94 bits per heavy atom. The van der Waals surface area contributed by atoms with Crippen LogP contribution in [-0.2, 0) is 11.2 Å². The smallest absolute Gasteiger partial charge is 0.0587 e. The standard InChI is InChI=1S/C14H20ClNO/c1-14(2)9-10-4-5-11(15)8-12(10)13(14)16-6-7-17-3/h4-5,8,13,16H,6-7,9H2,1-3H3. The Labute approximate surface area is 108 Å². The lowest BCUT2D eigenvalue weighted by molar-refractivity contribution is 0.182. The van der Waals surface area contributed by atoms with E-state index in [1.807, 2.05) is 6.07 Å². The number of ether oxygens (including phenoxy) is 1. The third-order valence-electron chi connectivity index (χ3n) is 3.50. The lowest BCUT2D eigenvalue weighted by Gasteiger charge is -2.28. The van der Waals surface area contributed by atoms with E-state index in [4.69, 9.17) is 16.3 Å². The first-order chi connectivity index (χ1) is 8.04. The highest BCUT2D eigenvalue weighted by Crippen LogP contribution is 2.45. The fourth-order valence-corrected chi connectivity index (χ4v) is 2.88. The summed E-state index contributed by atoms with van der Waals surface area (Å²) < 4.78 is 5.09. The summed E-state index contributed by atoms with van der Waals surface area (Å²) in [5.74, 6) is 0. The highest BCUT2D eigenvalue weighted by molar-refractivity contribution is 6.30. The van der Waals surface area contributed by atoms with E-state index in [9.17, 15) is 0 Å². The van der Waals surface area contributed by atoms with E-state index in [0.29, 0.717) is 6.04 Å². The van der Waals surface area contributed by atoms with Gasteiger partial charge in [-0.1, -0.05) is 31.5 Å². The van der Waals surface area contributed by atoms with Crippen molar-refractivity contribution in [3.8, 4) is 0 Å². The lowest BCUT2D eigenvalue weighted by atomic mass is 9.85. The molecular formula is C14H20ClNO. The van der Waals surface area contributed by atoms with E-state index in [-0.39, 0.29) is 5.41 Å². The Balaban J connectivity index is 2.21. The highest BCUT2D eigenvalue weighted by atomic mass is 35.5. The molecule has 0 bridgehead atoms. The van der Waals surface area contributed by atoms with Gasteiger partial charge in [-0.3, -0.25) is 0 Å². The van der Waals surface area contributed by atoms with E-state index < -0.39 is 0 Å². The second kappa shape index (κ2) is 4.97. The fourth-order valence-electron chi connectivity index (χ4n) is 2.70. The summed E-state index contributed by atoms with van der Waals surface area (Å²) in [5, 5.41) is 4.39. The Bertz CT molecular complexity index is 403. The number of halogens is 1. The number of hydrogen-bond donors (Lipinski definition) is 1. The van der Waals surface area contributed by atoms with Crippen LogP contribution in [0.15, 0.2) is 18.2 Å². The molecule has 1 unspecified atom stereocenters. The average molecular weight is 254 g/mol. The maximum absolute atomic E-state index is 6.09. The van der Waals surface area contributed by atoms with E-state index in [0.717, 1.165) is 24.6 Å². The Morgan fingerprint density at radius 1 is 1.47 bits per heavy atom. The van der Waals surface area contributed by atoms with Gasteiger partial charge in [0.2, 0.25) is 0 Å². The van der Waals surface area contributed by atoms with Crippen LogP contribution in [0.1, 0.15) is 31.0 Å². The monoisotopic (exact) mass is 253 g/mol. The summed E-state index contributed by atoms with van der Waals surface area (Å²) in [6, 6.07) is 6.59. The molecule has 0 spiro atoms. The summed E-state index contributed by atoms with van der Waals surface area (Å²) in [7, 11) is 1.73. The third kappa shape index (κ3) is 2.65. The molecule has 94 valence electrons. The van der Waals surface area contributed by atoms with Gasteiger partial charge < -0.3 is 10.1 Å². The van der Waals surface area contributed by atoms with Crippen molar-refractivity contribution in [3.05, 3.63) is 34.3 Å². The molecule has 1 aliphatic carbocycles. The highest BCUT2D eigenvalue weighted by Gasteiger charge is 2.38. The molecule has 1 N–H and O–H groups in total. The SMILES string of the molecule is COCCNC1c2cc(Cl)ccc2CC1(C)C. The van der Waals surface area contributed by atoms with Crippen LogP contribution in [0.3, 0.4) is 0 Å². The van der Waals surface area contributed by atoms with Gasteiger partial charge in [-0.15, -0.1) is 0 Å². The normalized spacial score (nSPS) is 21.5. The summed E-state index contributed by atoms with van der Waals surface area (Å²) in [4.78, 5) is 0. The molecule has 3 heteroatoms. The molecule has 0 saturated heterocycles. The molecule has 1 aliphatic rings. The zero-order valence-electron chi connectivity index (χ0n) is 10.7. The van der Waals surface area contributed by atoms with Crippen molar-refractivity contribution in [2.75, 3.05) is 20.3 Å². The van der Waals surface area contributed by atoms with Crippen LogP contribution in [-0.4, -0.2) is 20.3 Å². The molecule has 17 heavy (non-hydrogen) atoms. The first-order valence-corrected chi connectivity index (χ1v) is 6.43. The molecule has 1 aromatic carbocycles. The molecule has 0 amide bonds. The Kier molecular flexibility index (Phi) is 3.76. The molecule has 0 saturated carbocycles. The molecular weight excluding hydrogens is 234 g/mol. The largest absolute Gasteiger partial charge is 0.383 e. The number of benzene rings is 1. The number of rotatable bonds is 4. The molecule has 0 aliphatic heterocycles. The number of fused-ring (bicyclic) bond motifs is 1. The van der Waals surface area contributed by atoms with Gasteiger partial charge in [-0.25, -0.2) is 0 Å². The topological polar surface area (TPSA) is 21.3 Å². The molecule has 0 fully saturated rings. The van der Waals surface area contributed by atoms with Gasteiger partial charge in [0.05, 0.1) is 6.61 Å². The predicted octanol–water partition coefficient (Wildman–Crippen LogP) is 3.20. The minimum absolute atomic E-state index is 0.237. The zero-order valence-corrected chi connectivity index (χ0v) is 11.5. The van der Waals surface area contributed by atoms with Crippen molar-refractivity contribution in [1.82, 2.24) is 5.32 Å². The minimum atomic E-state index is 0.237. The number of nitrogens with one attached hydrogen (secondary N) is 1. The molecule has 2 nitrogen and oxygen atoms in total. The minimum Gasteiger partial charge on any atom is -0.383 e. The van der Waals surface area contributed by atoms with Gasteiger partial charge in [-0.2, -0.15) is 0 Å². The maximum atomic E-state index is 6.09. The quantitative estimate of drug-likeness (QED) is 0.832. The molecule has 0 heterocycles. The molecule has 1 aromatic rings. The predicted molar refractivity (Wildman–Crippen MR) is 71.6 cm³/mol. The van der Waals surface area contributed by atoms with Crippen LogP contribution in [0.4, 0.5) is 0 Å². The third-order valence-corrected chi connectivity index (χ3v) is 3.74. The van der Waals surface area contributed by atoms with Gasteiger partial charge >= 0.3 is 0 Å². The average Bonchev–Trinajstić information content (AvgIpc) is 2.50. The molecule has 0 radical (unpaired) electrons. The zero-order chi connectivity index (χ0) is 12.5. The van der Waals surface area contributed by atoms with Crippen molar-refractivity contribution >= 4 is 11.6 Å². The molecule has 1 atom stereocenters. The second-order valence-electron chi connectivity index (χ2n) is 5.39. The number of methoxy groups -OCH3 is 1. The van der Waals surface area contributed by atoms with Crippen LogP contribution in [0.5, 0.6) is 0 Å². The van der Waals surface area contributed by atoms with Crippen LogP contribution in [0, 0.1) is 5.41 Å². The van der Waals surface area contributed by atoms with Crippen molar-refractivity contribution in [3.63, 3.8) is 0 Å². The van der Waals surface area contributed by atoms with E-state index >= 15 is 0 Å². The molecule has 2 rings (SSSR count). The van der Waals surface area contributed by atoms with Crippen LogP contribution >= 0.6 is 11.6 Å². The van der Waals surface area contributed by atoms with Crippen molar-refractivity contribution < 1.29 is 4.74 Å². The summed E-state index contributed by atoms with van der Waals surface area (Å²) in [6.07, 6.45) is 1.10. The van der Waals surface area contributed by atoms with Gasteiger partial charge in [-0.05, 0) is 35.1 Å². The van der Waals surface area contributed by atoms with Gasteiger partial charge in [0.1, 0.15) is 0 Å². The second-order valence-corrected chi connectivity index (χ2v) is 5.82. The summed E-state index contributed by atoms with van der Waals surface area (Å²) >= 11 is 6.09. The van der Waals surface area contributed by atoms with Gasteiger partial charge in [0, 0.05) is 24.7 Å².